The summed E-state index contributed by atoms with van der Waals surface area (Å²) in [5.41, 5.74) is -0.617. The zero-order chi connectivity index (χ0) is 28.9. The first-order chi connectivity index (χ1) is 17.5. The van der Waals surface area contributed by atoms with Crippen LogP contribution in [0.1, 0.15) is 60.5 Å². The van der Waals surface area contributed by atoms with Gasteiger partial charge in [0.1, 0.15) is 0 Å². The number of ether oxygens (including phenoxy) is 4. The normalized spacial score (nSPS) is 25.9. The van der Waals surface area contributed by atoms with Crippen molar-refractivity contribution in [1.82, 2.24) is 0 Å². The third kappa shape index (κ3) is 7.54. The zero-order valence-electron chi connectivity index (χ0n) is 24.2. The van der Waals surface area contributed by atoms with E-state index < -0.39 is 50.1 Å². The summed E-state index contributed by atoms with van der Waals surface area (Å²) in [6, 6.07) is 9.70. The molecule has 38 heavy (non-hydrogen) atoms. The Kier molecular flexibility index (Phi) is 10.5. The van der Waals surface area contributed by atoms with Gasteiger partial charge in [-0.2, -0.15) is 0 Å². The van der Waals surface area contributed by atoms with Crippen molar-refractivity contribution in [2.45, 2.75) is 104 Å². The quantitative estimate of drug-likeness (QED) is 0.162. The molecule has 2 rings (SSSR count). The molecule has 0 amide bonds. The van der Waals surface area contributed by atoms with Gasteiger partial charge in [-0.15, -0.1) is 6.58 Å². The van der Waals surface area contributed by atoms with Crippen LogP contribution >= 0.6 is 0 Å². The highest BCUT2D eigenvalue weighted by Gasteiger charge is 2.62. The molecule has 9 heteroatoms. The SMILES string of the molecule is C=C[C@H]1[C@@H](OCc2ccccc2)[C@H](O[Si](C)(C)C(C)(C)C)[C@H](C)C[C@]1(OC(C)=O)C(OC(C)=O)OC(C)=O. The molecule has 0 aromatic heterocycles. The Morgan fingerprint density at radius 2 is 1.58 bits per heavy atom. The standard InChI is InChI=1S/C29H44O8Si/c1-11-24-26(33-18-23-15-13-12-14-16-23)25(37-38(9,10)28(6,7)8)19(2)17-29(24,36-22(5)32)27(34-20(3)30)35-21(4)31/h11-16,19,24-27H,1,17-18H2,2-10H3/t19-,24+,25-,26-,29-/m1/s1. The van der Waals surface area contributed by atoms with Gasteiger partial charge in [0, 0.05) is 27.2 Å². The van der Waals surface area contributed by atoms with E-state index in [-0.39, 0.29) is 30.1 Å². The van der Waals surface area contributed by atoms with Crippen LogP contribution in [-0.2, 0) is 44.4 Å². The first-order valence-electron chi connectivity index (χ1n) is 13.0. The van der Waals surface area contributed by atoms with E-state index in [0.717, 1.165) is 5.56 Å². The van der Waals surface area contributed by atoms with E-state index in [1.54, 1.807) is 6.08 Å². The lowest BCUT2D eigenvalue weighted by molar-refractivity contribution is -0.278. The van der Waals surface area contributed by atoms with E-state index >= 15 is 0 Å². The molecule has 1 saturated carbocycles. The van der Waals surface area contributed by atoms with Gasteiger partial charge in [0.25, 0.3) is 6.29 Å². The fourth-order valence-electron chi connectivity index (χ4n) is 4.76. The summed E-state index contributed by atoms with van der Waals surface area (Å²) in [6.07, 6.45) is -0.727. The maximum Gasteiger partial charge on any atom is 0.305 e. The van der Waals surface area contributed by atoms with Crippen molar-refractivity contribution < 1.29 is 37.8 Å². The van der Waals surface area contributed by atoms with Crippen molar-refractivity contribution >= 4 is 26.2 Å². The van der Waals surface area contributed by atoms with E-state index in [1.807, 2.05) is 37.3 Å². The molecule has 5 atom stereocenters. The molecule has 1 aliphatic rings. The van der Waals surface area contributed by atoms with Crippen molar-refractivity contribution in [3.63, 3.8) is 0 Å². The Hall–Kier alpha value is -2.49. The molecule has 0 radical (unpaired) electrons. The van der Waals surface area contributed by atoms with Crippen molar-refractivity contribution in [1.29, 1.82) is 0 Å². The Bertz CT molecular complexity index is 970. The second kappa shape index (κ2) is 12.6. The molecule has 1 fully saturated rings. The minimum absolute atomic E-state index is 0.0667. The molecule has 1 aromatic carbocycles. The summed E-state index contributed by atoms with van der Waals surface area (Å²) >= 11 is 0. The molecule has 1 aromatic rings. The second-order valence-corrected chi connectivity index (χ2v) is 16.4. The average molecular weight is 549 g/mol. The summed E-state index contributed by atoms with van der Waals surface area (Å²) < 4.78 is 30.4. The van der Waals surface area contributed by atoms with Gasteiger partial charge in [-0.3, -0.25) is 14.4 Å². The summed E-state index contributed by atoms with van der Waals surface area (Å²) in [5, 5.41) is -0.0667. The molecule has 0 heterocycles. The van der Waals surface area contributed by atoms with Gasteiger partial charge < -0.3 is 23.4 Å². The number of hydrogen-bond donors (Lipinski definition) is 0. The van der Waals surface area contributed by atoms with Crippen LogP contribution in [-0.4, -0.2) is 50.3 Å². The maximum atomic E-state index is 12.5. The Labute approximate surface area is 228 Å². The third-order valence-corrected chi connectivity index (χ3v) is 12.0. The van der Waals surface area contributed by atoms with Gasteiger partial charge in [-0.1, -0.05) is 64.1 Å². The molecule has 0 saturated heterocycles. The van der Waals surface area contributed by atoms with Crippen LogP contribution < -0.4 is 0 Å². The Morgan fingerprint density at radius 3 is 2.03 bits per heavy atom. The van der Waals surface area contributed by atoms with Crippen molar-refractivity contribution in [2.75, 3.05) is 0 Å². The highest BCUT2D eigenvalue weighted by Crippen LogP contribution is 2.49. The second-order valence-electron chi connectivity index (χ2n) is 11.6. The molecule has 0 N–H and O–H groups in total. The van der Waals surface area contributed by atoms with Crippen LogP contribution in [0.4, 0.5) is 0 Å². The lowest BCUT2D eigenvalue weighted by atomic mass is 9.67. The lowest BCUT2D eigenvalue weighted by Gasteiger charge is -2.54. The van der Waals surface area contributed by atoms with Gasteiger partial charge in [-0.05, 0) is 29.6 Å². The minimum atomic E-state index is -2.28. The largest absolute Gasteiger partial charge is 0.450 e. The average Bonchev–Trinajstić information content (AvgIpc) is 2.78. The van der Waals surface area contributed by atoms with Crippen molar-refractivity contribution in [3.8, 4) is 0 Å². The van der Waals surface area contributed by atoms with Crippen LogP contribution in [0.15, 0.2) is 43.0 Å². The molecular formula is C29H44O8Si. The van der Waals surface area contributed by atoms with Gasteiger partial charge in [0.05, 0.1) is 24.7 Å². The van der Waals surface area contributed by atoms with Crippen LogP contribution in [0.25, 0.3) is 0 Å². The molecule has 0 bridgehead atoms. The fraction of sp³-hybridized carbons (Fsp3) is 0.621. The Morgan fingerprint density at radius 1 is 1.03 bits per heavy atom. The topological polar surface area (TPSA) is 97.4 Å². The molecular weight excluding hydrogens is 504 g/mol. The van der Waals surface area contributed by atoms with Crippen molar-refractivity contribution in [2.24, 2.45) is 11.8 Å². The van der Waals surface area contributed by atoms with Gasteiger partial charge in [0.15, 0.2) is 13.9 Å². The monoisotopic (exact) mass is 548 g/mol. The molecule has 0 unspecified atom stereocenters. The first kappa shape index (κ1) is 31.7. The molecule has 1 aliphatic carbocycles. The van der Waals surface area contributed by atoms with E-state index in [9.17, 15) is 14.4 Å². The minimum Gasteiger partial charge on any atom is -0.450 e. The number of benzene rings is 1. The highest BCUT2D eigenvalue weighted by atomic mass is 28.4. The smallest absolute Gasteiger partial charge is 0.305 e. The number of carbonyl (C=O) groups excluding carboxylic acids is 3. The third-order valence-electron chi connectivity index (χ3n) is 7.50. The molecule has 0 aliphatic heterocycles. The summed E-state index contributed by atoms with van der Waals surface area (Å²) in [5.74, 6) is -2.93. The van der Waals surface area contributed by atoms with Crippen LogP contribution in [0, 0.1) is 11.8 Å². The molecule has 0 spiro atoms. The molecule has 8 nitrogen and oxygen atoms in total. The maximum absolute atomic E-state index is 12.5. The van der Waals surface area contributed by atoms with E-state index in [4.69, 9.17) is 23.4 Å². The van der Waals surface area contributed by atoms with Crippen LogP contribution in [0.3, 0.4) is 0 Å². The number of hydrogen-bond acceptors (Lipinski definition) is 8. The summed E-state index contributed by atoms with van der Waals surface area (Å²) in [7, 11) is -2.28. The fourth-order valence-corrected chi connectivity index (χ4v) is 6.16. The van der Waals surface area contributed by atoms with Gasteiger partial charge >= 0.3 is 17.9 Å². The Balaban J connectivity index is 2.67. The molecule has 212 valence electrons. The van der Waals surface area contributed by atoms with E-state index in [2.05, 4.69) is 40.4 Å². The summed E-state index contributed by atoms with van der Waals surface area (Å²) in [6.45, 7) is 20.8. The zero-order valence-corrected chi connectivity index (χ0v) is 25.2. The van der Waals surface area contributed by atoms with Crippen molar-refractivity contribution in [3.05, 3.63) is 48.6 Å². The van der Waals surface area contributed by atoms with Gasteiger partial charge in [0.2, 0.25) is 0 Å². The first-order valence-corrected chi connectivity index (χ1v) is 15.9. The highest BCUT2D eigenvalue weighted by molar-refractivity contribution is 6.74. The lowest BCUT2D eigenvalue weighted by Crippen LogP contribution is -2.66. The summed E-state index contributed by atoms with van der Waals surface area (Å²) in [4.78, 5) is 36.7. The van der Waals surface area contributed by atoms with E-state index in [1.165, 1.54) is 20.8 Å². The van der Waals surface area contributed by atoms with Gasteiger partial charge in [-0.25, -0.2) is 0 Å². The number of esters is 3. The van der Waals surface area contributed by atoms with Crippen LogP contribution in [0.2, 0.25) is 18.1 Å². The van der Waals surface area contributed by atoms with Crippen LogP contribution in [0.5, 0.6) is 0 Å². The number of rotatable bonds is 10. The predicted octanol–water partition coefficient (Wildman–Crippen LogP) is 5.56. The van der Waals surface area contributed by atoms with E-state index in [0.29, 0.717) is 0 Å². The predicted molar refractivity (Wildman–Crippen MR) is 146 cm³/mol. The number of carbonyl (C=O) groups is 3.